The summed E-state index contributed by atoms with van der Waals surface area (Å²) in [6, 6.07) is 10.9. The van der Waals surface area contributed by atoms with Crippen LogP contribution < -0.4 is 10.5 Å². The van der Waals surface area contributed by atoms with Crippen molar-refractivity contribution in [2.24, 2.45) is 5.73 Å². The van der Waals surface area contributed by atoms with E-state index in [1.807, 2.05) is 31.2 Å². The minimum Gasteiger partial charge on any atom is -0.330 e. The van der Waals surface area contributed by atoms with Crippen LogP contribution in [-0.4, -0.2) is 15.0 Å². The predicted octanol–water partition coefficient (Wildman–Crippen LogP) is 2.43. The zero-order chi connectivity index (χ0) is 15.3. The summed E-state index contributed by atoms with van der Waals surface area (Å²) in [4.78, 5) is 2.48. The Morgan fingerprint density at radius 2 is 1.86 bits per heavy atom. The molecule has 1 heterocycles. The molecule has 0 radical (unpaired) electrons. The number of rotatable bonds is 7. The molecule has 2 rings (SSSR count). The highest BCUT2D eigenvalue weighted by atomic mass is 32.2. The number of benzene rings is 1. The van der Waals surface area contributed by atoms with Crippen molar-refractivity contribution in [1.29, 1.82) is 0 Å². The fourth-order valence-corrected chi connectivity index (χ4v) is 3.90. The Balaban J connectivity index is 2.01. The molecular weight excluding hydrogens is 304 g/mol. The second-order valence-corrected chi connectivity index (χ2v) is 8.01. The number of hydrogen-bond acceptors (Lipinski definition) is 4. The molecule has 1 aromatic heterocycles. The fraction of sp³-hybridized carbons (Fsp3) is 0.333. The number of hydrogen-bond donors (Lipinski definition) is 2. The van der Waals surface area contributed by atoms with Crippen LogP contribution in [0.4, 0.5) is 0 Å². The maximum absolute atomic E-state index is 12.2. The number of nitrogens with two attached hydrogens (primary N) is 1. The number of aryl methyl sites for hydroxylation is 2. The number of sulfonamides is 1. The van der Waals surface area contributed by atoms with Gasteiger partial charge in [-0.25, -0.2) is 13.1 Å². The highest BCUT2D eigenvalue weighted by Gasteiger charge is 2.13. The molecule has 0 saturated carbocycles. The van der Waals surface area contributed by atoms with Crippen molar-refractivity contribution in [3.8, 4) is 0 Å². The lowest BCUT2D eigenvalue weighted by Gasteiger charge is -2.07. The van der Waals surface area contributed by atoms with Crippen LogP contribution in [0.3, 0.4) is 0 Å². The van der Waals surface area contributed by atoms with Gasteiger partial charge in [0.2, 0.25) is 10.0 Å². The summed E-state index contributed by atoms with van der Waals surface area (Å²) in [5.41, 5.74) is 6.57. The summed E-state index contributed by atoms with van der Waals surface area (Å²) in [6.45, 7) is 2.97. The van der Waals surface area contributed by atoms with Crippen LogP contribution in [0.1, 0.15) is 21.7 Å². The van der Waals surface area contributed by atoms with E-state index in [4.69, 9.17) is 5.73 Å². The highest BCUT2D eigenvalue weighted by Crippen LogP contribution is 2.16. The molecule has 114 valence electrons. The topological polar surface area (TPSA) is 72.2 Å². The molecule has 3 N–H and O–H groups in total. The quantitative estimate of drug-likeness (QED) is 0.821. The molecule has 2 aromatic rings. The normalized spacial score (nSPS) is 11.7. The second kappa shape index (κ2) is 7.17. The van der Waals surface area contributed by atoms with E-state index >= 15 is 0 Å². The van der Waals surface area contributed by atoms with Gasteiger partial charge >= 0.3 is 0 Å². The standard InChI is InChI=1S/C15H20N2O2S2/c1-12-4-7-14(20-12)11-17-21(18,19)15-8-5-13(6-9-15)3-2-10-16/h4-9,17H,2-3,10-11,16H2,1H3. The monoisotopic (exact) mass is 324 g/mol. The van der Waals surface area contributed by atoms with Gasteiger partial charge in [0, 0.05) is 16.3 Å². The first-order valence-electron chi connectivity index (χ1n) is 6.85. The molecule has 0 atom stereocenters. The van der Waals surface area contributed by atoms with E-state index in [0.29, 0.717) is 18.0 Å². The molecule has 0 fully saturated rings. The highest BCUT2D eigenvalue weighted by molar-refractivity contribution is 7.89. The largest absolute Gasteiger partial charge is 0.330 e. The lowest BCUT2D eigenvalue weighted by atomic mass is 10.1. The first-order valence-corrected chi connectivity index (χ1v) is 9.15. The van der Waals surface area contributed by atoms with Crippen molar-refractivity contribution in [2.45, 2.75) is 31.2 Å². The van der Waals surface area contributed by atoms with Gasteiger partial charge in [-0.3, -0.25) is 0 Å². The zero-order valence-corrected chi connectivity index (χ0v) is 13.6. The van der Waals surface area contributed by atoms with E-state index in [0.717, 1.165) is 23.3 Å². The Morgan fingerprint density at radius 1 is 1.14 bits per heavy atom. The molecule has 0 amide bonds. The summed E-state index contributed by atoms with van der Waals surface area (Å²) in [6.07, 6.45) is 1.78. The number of nitrogens with one attached hydrogen (secondary N) is 1. The van der Waals surface area contributed by atoms with E-state index < -0.39 is 10.0 Å². The van der Waals surface area contributed by atoms with Crippen LogP contribution in [0.5, 0.6) is 0 Å². The van der Waals surface area contributed by atoms with Gasteiger partial charge in [-0.2, -0.15) is 0 Å². The van der Waals surface area contributed by atoms with Crippen LogP contribution in [0.25, 0.3) is 0 Å². The van der Waals surface area contributed by atoms with Crippen molar-refractivity contribution >= 4 is 21.4 Å². The van der Waals surface area contributed by atoms with E-state index in [-0.39, 0.29) is 0 Å². The van der Waals surface area contributed by atoms with Crippen LogP contribution in [0, 0.1) is 6.92 Å². The van der Waals surface area contributed by atoms with Gasteiger partial charge in [0.1, 0.15) is 0 Å². The predicted molar refractivity (Wildman–Crippen MR) is 86.9 cm³/mol. The molecule has 0 aliphatic carbocycles. The molecular formula is C15H20N2O2S2. The van der Waals surface area contributed by atoms with Gasteiger partial charge in [0.25, 0.3) is 0 Å². The van der Waals surface area contributed by atoms with E-state index in [2.05, 4.69) is 4.72 Å². The number of thiophene rings is 1. The summed E-state index contributed by atoms with van der Waals surface area (Å²) >= 11 is 1.60. The third-order valence-corrected chi connectivity index (χ3v) is 5.55. The maximum atomic E-state index is 12.2. The molecule has 0 spiro atoms. The summed E-state index contributed by atoms with van der Waals surface area (Å²) in [7, 11) is -3.45. The Morgan fingerprint density at radius 3 is 2.43 bits per heavy atom. The molecule has 1 aromatic carbocycles. The molecule has 6 heteroatoms. The summed E-state index contributed by atoms with van der Waals surface area (Å²) < 4.78 is 27.1. The van der Waals surface area contributed by atoms with Crippen molar-refractivity contribution < 1.29 is 8.42 Å². The van der Waals surface area contributed by atoms with Crippen molar-refractivity contribution in [2.75, 3.05) is 6.54 Å². The minimum absolute atomic E-state index is 0.298. The van der Waals surface area contributed by atoms with Gasteiger partial charge in [-0.1, -0.05) is 12.1 Å². The molecule has 21 heavy (non-hydrogen) atoms. The Hall–Kier alpha value is -1.21. The average molecular weight is 324 g/mol. The Labute approximate surface area is 130 Å². The first kappa shape index (κ1) is 16.2. The van der Waals surface area contributed by atoms with Crippen molar-refractivity contribution in [3.63, 3.8) is 0 Å². The molecule has 0 saturated heterocycles. The van der Waals surface area contributed by atoms with Crippen LogP contribution >= 0.6 is 11.3 Å². The van der Waals surface area contributed by atoms with E-state index in [1.165, 1.54) is 4.88 Å². The molecule has 0 aliphatic heterocycles. The van der Waals surface area contributed by atoms with Crippen molar-refractivity contribution in [3.05, 3.63) is 51.7 Å². The molecule has 0 bridgehead atoms. The van der Waals surface area contributed by atoms with E-state index in [1.54, 1.807) is 23.5 Å². The summed E-state index contributed by atoms with van der Waals surface area (Å²) in [5.74, 6) is 0. The Kier molecular flexibility index (Phi) is 5.52. The molecule has 4 nitrogen and oxygen atoms in total. The fourth-order valence-electron chi connectivity index (χ4n) is 1.97. The van der Waals surface area contributed by atoms with Gasteiger partial charge < -0.3 is 5.73 Å². The smallest absolute Gasteiger partial charge is 0.240 e. The SMILES string of the molecule is Cc1ccc(CNS(=O)(=O)c2ccc(CCCN)cc2)s1. The zero-order valence-electron chi connectivity index (χ0n) is 12.0. The minimum atomic E-state index is -3.45. The lowest BCUT2D eigenvalue weighted by Crippen LogP contribution is -2.22. The van der Waals surface area contributed by atoms with Gasteiger partial charge in [-0.05, 0) is 56.1 Å². The van der Waals surface area contributed by atoms with Crippen molar-refractivity contribution in [1.82, 2.24) is 4.72 Å². The van der Waals surface area contributed by atoms with Gasteiger partial charge in [0.15, 0.2) is 0 Å². The third kappa shape index (κ3) is 4.64. The second-order valence-electron chi connectivity index (χ2n) is 4.87. The van der Waals surface area contributed by atoms with Gasteiger partial charge in [0.05, 0.1) is 4.90 Å². The van der Waals surface area contributed by atoms with Crippen LogP contribution in [-0.2, 0) is 23.0 Å². The van der Waals surface area contributed by atoms with Crippen LogP contribution in [0.2, 0.25) is 0 Å². The first-order chi connectivity index (χ1) is 10.0. The molecule has 0 aliphatic rings. The average Bonchev–Trinajstić information content (AvgIpc) is 2.89. The molecule has 0 unspecified atom stereocenters. The maximum Gasteiger partial charge on any atom is 0.240 e. The lowest BCUT2D eigenvalue weighted by molar-refractivity contribution is 0.582. The third-order valence-electron chi connectivity index (χ3n) is 3.14. The van der Waals surface area contributed by atoms with E-state index in [9.17, 15) is 8.42 Å². The summed E-state index contributed by atoms with van der Waals surface area (Å²) in [5, 5.41) is 0. The van der Waals surface area contributed by atoms with Crippen LogP contribution in [0.15, 0.2) is 41.3 Å². The Bertz CT molecular complexity index is 676. The van der Waals surface area contributed by atoms with Gasteiger partial charge in [-0.15, -0.1) is 11.3 Å².